The third kappa shape index (κ3) is 4.79. The van der Waals surface area contributed by atoms with Crippen molar-refractivity contribution < 1.29 is 14.3 Å². The van der Waals surface area contributed by atoms with Crippen LogP contribution in [0.2, 0.25) is 0 Å². The van der Waals surface area contributed by atoms with Crippen LogP contribution in [0.25, 0.3) is 0 Å². The number of nitrogens with zero attached hydrogens (tertiary/aromatic N) is 4. The number of aryl methyl sites for hydroxylation is 1. The summed E-state index contributed by atoms with van der Waals surface area (Å²) in [7, 11) is 3.23. The Kier molecular flexibility index (Phi) is 6.35. The SMILES string of the molecule is COc1ccc(NC(=O)N(Cc2nnc3n2CCCCC3)c2ccc(OC)cc2)cc1. The van der Waals surface area contributed by atoms with Gasteiger partial charge < -0.3 is 19.4 Å². The first-order chi connectivity index (χ1) is 15.2. The van der Waals surface area contributed by atoms with Crippen LogP contribution in [0.15, 0.2) is 48.5 Å². The number of nitrogens with one attached hydrogen (secondary N) is 1. The van der Waals surface area contributed by atoms with Gasteiger partial charge >= 0.3 is 6.03 Å². The van der Waals surface area contributed by atoms with Gasteiger partial charge in [0.15, 0.2) is 5.82 Å². The Labute approximate surface area is 181 Å². The molecule has 0 unspecified atom stereocenters. The molecular formula is C23H27N5O3. The van der Waals surface area contributed by atoms with Crippen molar-refractivity contribution >= 4 is 17.4 Å². The first-order valence-electron chi connectivity index (χ1n) is 10.5. The first kappa shape index (κ1) is 20.7. The number of carbonyl (C=O) groups excluding carboxylic acids is 1. The number of ether oxygens (including phenoxy) is 2. The lowest BCUT2D eigenvalue weighted by Gasteiger charge is -2.23. The second kappa shape index (κ2) is 9.51. The molecule has 4 rings (SSSR count). The summed E-state index contributed by atoms with van der Waals surface area (Å²) >= 11 is 0. The molecule has 2 amide bonds. The summed E-state index contributed by atoms with van der Waals surface area (Å²) in [5, 5.41) is 11.7. The zero-order chi connectivity index (χ0) is 21.6. The number of benzene rings is 2. The molecule has 162 valence electrons. The van der Waals surface area contributed by atoms with Crippen molar-refractivity contribution in [3.63, 3.8) is 0 Å². The van der Waals surface area contributed by atoms with Crippen LogP contribution < -0.4 is 19.7 Å². The van der Waals surface area contributed by atoms with Gasteiger partial charge in [-0.15, -0.1) is 10.2 Å². The predicted octanol–water partition coefficient (Wildman–Crippen LogP) is 4.26. The molecule has 0 aliphatic carbocycles. The average Bonchev–Trinajstić information content (AvgIpc) is 3.03. The lowest BCUT2D eigenvalue weighted by Crippen LogP contribution is -2.35. The van der Waals surface area contributed by atoms with Gasteiger partial charge in [-0.1, -0.05) is 6.42 Å². The van der Waals surface area contributed by atoms with Crippen LogP contribution >= 0.6 is 0 Å². The maximum Gasteiger partial charge on any atom is 0.326 e. The van der Waals surface area contributed by atoms with Crippen LogP contribution in [0.4, 0.5) is 16.2 Å². The number of aromatic nitrogens is 3. The van der Waals surface area contributed by atoms with Gasteiger partial charge in [0.25, 0.3) is 0 Å². The van der Waals surface area contributed by atoms with Gasteiger partial charge in [0.2, 0.25) is 0 Å². The van der Waals surface area contributed by atoms with E-state index in [1.165, 1.54) is 6.42 Å². The first-order valence-corrected chi connectivity index (χ1v) is 10.5. The van der Waals surface area contributed by atoms with Crippen LogP contribution in [0, 0.1) is 0 Å². The number of carbonyl (C=O) groups is 1. The minimum Gasteiger partial charge on any atom is -0.497 e. The molecule has 0 bridgehead atoms. The van der Waals surface area contributed by atoms with Crippen molar-refractivity contribution in [2.24, 2.45) is 0 Å². The summed E-state index contributed by atoms with van der Waals surface area (Å²) in [6.07, 6.45) is 4.33. The Morgan fingerprint density at radius 3 is 2.32 bits per heavy atom. The van der Waals surface area contributed by atoms with Crippen molar-refractivity contribution in [1.82, 2.24) is 14.8 Å². The minimum atomic E-state index is -0.249. The smallest absolute Gasteiger partial charge is 0.326 e. The summed E-state index contributed by atoms with van der Waals surface area (Å²) in [6.45, 7) is 1.20. The van der Waals surface area contributed by atoms with E-state index in [0.29, 0.717) is 12.2 Å². The third-order valence-corrected chi connectivity index (χ3v) is 5.46. The maximum absolute atomic E-state index is 13.3. The lowest BCUT2D eigenvalue weighted by molar-refractivity contribution is 0.256. The molecule has 1 N–H and O–H groups in total. The van der Waals surface area contributed by atoms with Gasteiger partial charge in [-0.2, -0.15) is 0 Å². The quantitative estimate of drug-likeness (QED) is 0.643. The second-order valence-electron chi connectivity index (χ2n) is 7.44. The Hall–Kier alpha value is -3.55. The number of fused-ring (bicyclic) bond motifs is 1. The van der Waals surface area contributed by atoms with Gasteiger partial charge in [0.05, 0.1) is 20.8 Å². The molecule has 31 heavy (non-hydrogen) atoms. The summed E-state index contributed by atoms with van der Waals surface area (Å²) in [5.74, 6) is 3.25. The lowest BCUT2D eigenvalue weighted by atomic mass is 10.2. The van der Waals surface area contributed by atoms with E-state index in [0.717, 1.165) is 54.6 Å². The highest BCUT2D eigenvalue weighted by Gasteiger charge is 2.22. The van der Waals surface area contributed by atoms with Crippen LogP contribution in [0.3, 0.4) is 0 Å². The fraction of sp³-hybridized carbons (Fsp3) is 0.348. The predicted molar refractivity (Wildman–Crippen MR) is 119 cm³/mol. The van der Waals surface area contributed by atoms with Gasteiger partial charge in [0.1, 0.15) is 17.3 Å². The average molecular weight is 422 g/mol. The molecule has 2 aromatic carbocycles. The van der Waals surface area contributed by atoms with E-state index in [2.05, 4.69) is 20.1 Å². The topological polar surface area (TPSA) is 81.5 Å². The van der Waals surface area contributed by atoms with Crippen LogP contribution in [0.1, 0.15) is 30.9 Å². The van der Waals surface area contributed by atoms with E-state index in [-0.39, 0.29) is 6.03 Å². The highest BCUT2D eigenvalue weighted by molar-refractivity contribution is 6.01. The second-order valence-corrected chi connectivity index (χ2v) is 7.44. The number of hydrogen-bond acceptors (Lipinski definition) is 5. The molecule has 3 aromatic rings. The van der Waals surface area contributed by atoms with Gasteiger partial charge in [0, 0.05) is 24.3 Å². The Morgan fingerprint density at radius 2 is 1.65 bits per heavy atom. The summed E-state index contributed by atoms with van der Waals surface area (Å²) in [6, 6.07) is 14.4. The van der Waals surface area contributed by atoms with E-state index in [1.807, 2.05) is 48.5 Å². The molecule has 1 aliphatic heterocycles. The molecule has 1 aliphatic rings. The summed E-state index contributed by atoms with van der Waals surface area (Å²) < 4.78 is 12.6. The number of rotatable bonds is 6. The monoisotopic (exact) mass is 421 g/mol. The van der Waals surface area contributed by atoms with Crippen LogP contribution in [-0.4, -0.2) is 35.0 Å². The molecule has 0 fully saturated rings. The zero-order valence-corrected chi connectivity index (χ0v) is 17.9. The van der Waals surface area contributed by atoms with Crippen LogP contribution in [-0.2, 0) is 19.5 Å². The van der Waals surface area contributed by atoms with Crippen molar-refractivity contribution in [3.05, 3.63) is 60.2 Å². The highest BCUT2D eigenvalue weighted by Crippen LogP contribution is 2.24. The van der Waals surface area contributed by atoms with Crippen molar-refractivity contribution in [2.75, 3.05) is 24.4 Å². The molecule has 0 atom stereocenters. The molecule has 1 aromatic heterocycles. The van der Waals surface area contributed by atoms with Gasteiger partial charge in [-0.05, 0) is 61.4 Å². The fourth-order valence-corrected chi connectivity index (χ4v) is 3.71. The van der Waals surface area contributed by atoms with Crippen molar-refractivity contribution in [1.29, 1.82) is 0 Å². The molecule has 0 saturated heterocycles. The molecule has 8 heteroatoms. The van der Waals surface area contributed by atoms with Crippen molar-refractivity contribution in [2.45, 2.75) is 38.8 Å². The van der Waals surface area contributed by atoms with Crippen molar-refractivity contribution in [3.8, 4) is 11.5 Å². The Balaban J connectivity index is 1.60. The molecule has 0 radical (unpaired) electrons. The van der Waals surface area contributed by atoms with Gasteiger partial charge in [-0.25, -0.2) is 4.79 Å². The standard InChI is InChI=1S/C23H27N5O3/c1-30-19-11-7-17(8-12-19)24-23(29)28(18-9-13-20(31-2)14-10-18)16-22-26-25-21-6-4-3-5-15-27(21)22/h7-14H,3-6,15-16H2,1-2H3,(H,24,29). The Morgan fingerprint density at radius 1 is 0.968 bits per heavy atom. The highest BCUT2D eigenvalue weighted by atomic mass is 16.5. The normalized spacial score (nSPS) is 13.1. The fourth-order valence-electron chi connectivity index (χ4n) is 3.71. The molecular weight excluding hydrogens is 394 g/mol. The molecule has 0 saturated carbocycles. The molecule has 8 nitrogen and oxygen atoms in total. The number of hydrogen-bond donors (Lipinski definition) is 1. The van der Waals surface area contributed by atoms with E-state index in [4.69, 9.17) is 9.47 Å². The zero-order valence-electron chi connectivity index (χ0n) is 17.9. The van der Waals surface area contributed by atoms with Crippen LogP contribution in [0.5, 0.6) is 11.5 Å². The number of urea groups is 1. The van der Waals surface area contributed by atoms with E-state index < -0.39 is 0 Å². The summed E-state index contributed by atoms with van der Waals surface area (Å²) in [4.78, 5) is 15.0. The minimum absolute atomic E-state index is 0.249. The van der Waals surface area contributed by atoms with Gasteiger partial charge in [-0.3, -0.25) is 4.90 Å². The summed E-state index contributed by atoms with van der Waals surface area (Å²) in [5.41, 5.74) is 1.43. The van der Waals surface area contributed by atoms with E-state index in [9.17, 15) is 4.79 Å². The Bertz CT molecular complexity index is 1010. The molecule has 0 spiro atoms. The molecule has 2 heterocycles. The number of methoxy groups -OCH3 is 2. The number of anilines is 2. The van der Waals surface area contributed by atoms with E-state index in [1.54, 1.807) is 19.1 Å². The third-order valence-electron chi connectivity index (χ3n) is 5.46. The largest absolute Gasteiger partial charge is 0.497 e. The maximum atomic E-state index is 13.3. The number of amides is 2. The van der Waals surface area contributed by atoms with E-state index >= 15 is 0 Å².